The summed E-state index contributed by atoms with van der Waals surface area (Å²) < 4.78 is 37.3. The topological polar surface area (TPSA) is 69.6 Å². The number of amides is 1. The molecule has 9 heteroatoms. The van der Waals surface area contributed by atoms with Gasteiger partial charge in [0, 0.05) is 13.1 Å². The average molecular weight is 304 g/mol. The van der Waals surface area contributed by atoms with Crippen LogP contribution in [-0.4, -0.2) is 51.2 Å². The van der Waals surface area contributed by atoms with Crippen LogP contribution in [0.25, 0.3) is 0 Å². The van der Waals surface area contributed by atoms with Gasteiger partial charge in [-0.05, 0) is 13.8 Å². The van der Waals surface area contributed by atoms with Crippen LogP contribution < -0.4 is 4.90 Å². The monoisotopic (exact) mass is 304 g/mol. The Kier molecular flexibility index (Phi) is 3.93. The third-order valence-electron chi connectivity index (χ3n) is 3.39. The molecule has 0 aliphatic carbocycles. The lowest BCUT2D eigenvalue weighted by atomic mass is 10.1. The third kappa shape index (κ3) is 3.17. The Morgan fingerprint density at radius 2 is 1.81 bits per heavy atom. The van der Waals surface area contributed by atoms with Gasteiger partial charge < -0.3 is 10.0 Å². The summed E-state index contributed by atoms with van der Waals surface area (Å²) in [5.41, 5.74) is -1.04. The fourth-order valence-corrected chi connectivity index (χ4v) is 2.52. The fraction of sp³-hybridized carbons (Fsp3) is 0.583. The predicted molar refractivity (Wildman–Crippen MR) is 68.0 cm³/mol. The normalized spacial score (nSPS) is 23.3. The van der Waals surface area contributed by atoms with Gasteiger partial charge >= 0.3 is 12.3 Å². The maximum absolute atomic E-state index is 12.4. The Morgan fingerprint density at radius 3 is 2.19 bits per heavy atom. The summed E-state index contributed by atoms with van der Waals surface area (Å²) >= 11 is 0. The molecule has 21 heavy (non-hydrogen) atoms. The lowest BCUT2D eigenvalue weighted by Gasteiger charge is -2.43. The third-order valence-corrected chi connectivity index (χ3v) is 3.39. The first-order chi connectivity index (χ1) is 9.70. The molecule has 1 aromatic rings. The van der Waals surface area contributed by atoms with Crippen LogP contribution in [0.5, 0.6) is 0 Å². The number of halogens is 3. The van der Waals surface area contributed by atoms with Crippen molar-refractivity contribution in [2.24, 2.45) is 0 Å². The quantitative estimate of drug-likeness (QED) is 0.860. The van der Waals surface area contributed by atoms with Gasteiger partial charge in [0.1, 0.15) is 5.82 Å². The van der Waals surface area contributed by atoms with Crippen LogP contribution in [-0.2, 0) is 6.18 Å². The molecule has 1 saturated heterocycles. The minimum atomic E-state index is -4.52. The van der Waals surface area contributed by atoms with Gasteiger partial charge in [-0.15, -0.1) is 0 Å². The Morgan fingerprint density at radius 1 is 1.24 bits per heavy atom. The van der Waals surface area contributed by atoms with E-state index in [1.54, 1.807) is 18.7 Å². The minimum Gasteiger partial charge on any atom is -0.465 e. The van der Waals surface area contributed by atoms with Crippen molar-refractivity contribution < 1.29 is 23.1 Å². The van der Waals surface area contributed by atoms with Gasteiger partial charge in [0.25, 0.3) is 0 Å². The van der Waals surface area contributed by atoms with Crippen LogP contribution in [0.2, 0.25) is 0 Å². The number of nitrogens with zero attached hydrogens (tertiary/aromatic N) is 4. The molecule has 2 heterocycles. The van der Waals surface area contributed by atoms with Crippen LogP contribution in [0.4, 0.5) is 23.8 Å². The molecule has 6 nitrogen and oxygen atoms in total. The highest BCUT2D eigenvalue weighted by Crippen LogP contribution is 2.28. The molecular weight excluding hydrogens is 289 g/mol. The molecular formula is C12H15F3N4O2. The molecule has 116 valence electrons. The minimum absolute atomic E-state index is 0.282. The standard InChI is InChI=1S/C12H15F3N4O2/c1-7-5-18(6-8(2)19(7)11(20)21)10-4-16-9(3-17-10)12(13,14)15/h3-4,7-8H,5-6H2,1-2H3,(H,20,21). The van der Waals surface area contributed by atoms with Gasteiger partial charge in [0.15, 0.2) is 5.69 Å². The Labute approximate surface area is 119 Å². The summed E-state index contributed by atoms with van der Waals surface area (Å²) in [5, 5.41) is 9.12. The summed E-state index contributed by atoms with van der Waals surface area (Å²) in [6.07, 6.45) is -3.77. The van der Waals surface area contributed by atoms with Gasteiger partial charge in [-0.2, -0.15) is 13.2 Å². The number of anilines is 1. The van der Waals surface area contributed by atoms with E-state index in [1.807, 2.05) is 0 Å². The van der Waals surface area contributed by atoms with E-state index in [0.717, 1.165) is 6.20 Å². The molecule has 2 atom stereocenters. The second-order valence-electron chi connectivity index (χ2n) is 5.05. The van der Waals surface area contributed by atoms with Crippen molar-refractivity contribution in [3.8, 4) is 0 Å². The number of aromatic nitrogens is 2. The zero-order valence-corrected chi connectivity index (χ0v) is 11.5. The average Bonchev–Trinajstić information content (AvgIpc) is 2.36. The number of piperazine rings is 1. The van der Waals surface area contributed by atoms with Crippen LogP contribution in [0.15, 0.2) is 12.4 Å². The van der Waals surface area contributed by atoms with E-state index < -0.39 is 18.0 Å². The Bertz CT molecular complexity index is 508. The molecule has 1 N–H and O–H groups in total. The first kappa shape index (κ1) is 15.3. The highest BCUT2D eigenvalue weighted by atomic mass is 19.4. The maximum atomic E-state index is 12.4. The van der Waals surface area contributed by atoms with E-state index in [0.29, 0.717) is 25.1 Å². The van der Waals surface area contributed by atoms with Crippen LogP contribution in [0.1, 0.15) is 19.5 Å². The fourth-order valence-electron chi connectivity index (χ4n) is 2.52. The first-order valence-electron chi connectivity index (χ1n) is 6.35. The molecule has 1 fully saturated rings. The smallest absolute Gasteiger partial charge is 0.434 e. The van der Waals surface area contributed by atoms with E-state index in [1.165, 1.54) is 4.90 Å². The molecule has 2 unspecified atom stereocenters. The van der Waals surface area contributed by atoms with E-state index in [9.17, 15) is 18.0 Å². The van der Waals surface area contributed by atoms with Crippen molar-refractivity contribution in [2.75, 3.05) is 18.0 Å². The molecule has 0 spiro atoms. The van der Waals surface area contributed by atoms with Crippen molar-refractivity contribution in [1.82, 2.24) is 14.9 Å². The van der Waals surface area contributed by atoms with E-state index in [4.69, 9.17) is 5.11 Å². The molecule has 0 bridgehead atoms. The van der Waals surface area contributed by atoms with Gasteiger partial charge in [-0.3, -0.25) is 4.90 Å². The lowest BCUT2D eigenvalue weighted by Crippen LogP contribution is -2.58. The van der Waals surface area contributed by atoms with Crippen molar-refractivity contribution in [3.05, 3.63) is 18.1 Å². The van der Waals surface area contributed by atoms with E-state index >= 15 is 0 Å². The van der Waals surface area contributed by atoms with Crippen LogP contribution in [0, 0.1) is 0 Å². The zero-order valence-electron chi connectivity index (χ0n) is 11.5. The van der Waals surface area contributed by atoms with E-state index in [2.05, 4.69) is 9.97 Å². The number of hydrogen-bond acceptors (Lipinski definition) is 4. The molecule has 0 saturated carbocycles. The van der Waals surface area contributed by atoms with Crippen molar-refractivity contribution in [3.63, 3.8) is 0 Å². The van der Waals surface area contributed by atoms with Gasteiger partial charge in [-0.1, -0.05) is 0 Å². The lowest BCUT2D eigenvalue weighted by molar-refractivity contribution is -0.141. The number of rotatable bonds is 1. The highest BCUT2D eigenvalue weighted by Gasteiger charge is 2.35. The van der Waals surface area contributed by atoms with E-state index in [-0.39, 0.29) is 12.1 Å². The van der Waals surface area contributed by atoms with Gasteiger partial charge in [0.2, 0.25) is 0 Å². The molecule has 1 amide bonds. The van der Waals surface area contributed by atoms with Gasteiger partial charge in [0.05, 0.1) is 24.5 Å². The van der Waals surface area contributed by atoms with Crippen molar-refractivity contribution in [2.45, 2.75) is 32.1 Å². The Hall–Kier alpha value is -2.06. The maximum Gasteiger partial charge on any atom is 0.434 e. The first-order valence-corrected chi connectivity index (χ1v) is 6.35. The molecule has 0 radical (unpaired) electrons. The summed E-state index contributed by atoms with van der Waals surface area (Å²) in [6.45, 7) is 4.20. The largest absolute Gasteiger partial charge is 0.465 e. The molecule has 1 aliphatic rings. The number of carbonyl (C=O) groups is 1. The second-order valence-corrected chi connectivity index (χ2v) is 5.05. The summed E-state index contributed by atoms with van der Waals surface area (Å²) in [6, 6.07) is -0.564. The predicted octanol–water partition coefficient (Wildman–Crippen LogP) is 2.07. The second kappa shape index (κ2) is 5.38. The van der Waals surface area contributed by atoms with Crippen molar-refractivity contribution in [1.29, 1.82) is 0 Å². The number of carboxylic acid groups (broad SMARTS) is 1. The zero-order chi connectivity index (χ0) is 15.8. The SMILES string of the molecule is CC1CN(c2cnc(C(F)(F)F)cn2)CC(C)N1C(=O)O. The highest BCUT2D eigenvalue weighted by molar-refractivity contribution is 5.66. The van der Waals surface area contributed by atoms with Crippen molar-refractivity contribution >= 4 is 11.9 Å². The van der Waals surface area contributed by atoms with Crippen LogP contribution in [0.3, 0.4) is 0 Å². The molecule has 0 aromatic carbocycles. The molecule has 1 aromatic heterocycles. The van der Waals surface area contributed by atoms with Gasteiger partial charge in [-0.25, -0.2) is 14.8 Å². The summed E-state index contributed by atoms with van der Waals surface area (Å²) in [4.78, 5) is 21.3. The number of hydrogen-bond donors (Lipinski definition) is 1. The summed E-state index contributed by atoms with van der Waals surface area (Å²) in [7, 11) is 0. The Balaban J connectivity index is 2.15. The molecule has 1 aliphatic heterocycles. The number of alkyl halides is 3. The summed E-state index contributed by atoms with van der Waals surface area (Å²) in [5.74, 6) is 0.312. The molecule has 2 rings (SSSR count). The van der Waals surface area contributed by atoms with Crippen LogP contribution >= 0.6 is 0 Å².